The van der Waals surface area contributed by atoms with Crippen LogP contribution in [0.4, 0.5) is 11.4 Å². The number of ether oxygens (including phenoxy) is 1. The number of carboxylic acid groups (broad SMARTS) is 1. The average Bonchev–Trinajstić information content (AvgIpc) is 2.95. The Labute approximate surface area is 144 Å². The van der Waals surface area contributed by atoms with Gasteiger partial charge in [0.15, 0.2) is 0 Å². The highest BCUT2D eigenvalue weighted by atomic mass is 35.5. The minimum absolute atomic E-state index is 0. The van der Waals surface area contributed by atoms with E-state index in [2.05, 4.69) is 5.32 Å². The molecule has 1 fully saturated rings. The predicted octanol–water partition coefficient (Wildman–Crippen LogP) is 1.51. The quantitative estimate of drug-likeness (QED) is 0.583. The number of nitro benzene ring substituents is 1. The van der Waals surface area contributed by atoms with Gasteiger partial charge in [0, 0.05) is 6.07 Å². The third kappa shape index (κ3) is 4.56. The van der Waals surface area contributed by atoms with Crippen LogP contribution in [0.2, 0.25) is 0 Å². The molecular weight excluding hydrogens is 342 g/mol. The second-order valence-corrected chi connectivity index (χ2v) is 5.16. The van der Waals surface area contributed by atoms with Crippen LogP contribution in [0.1, 0.15) is 12.8 Å². The van der Waals surface area contributed by atoms with Gasteiger partial charge in [-0.2, -0.15) is 0 Å². The number of nitrogens with one attached hydrogen (secondary N) is 1. The number of aliphatic carboxylic acids is 1. The van der Waals surface area contributed by atoms with Gasteiger partial charge < -0.3 is 15.2 Å². The number of carboxylic acids is 1. The van der Waals surface area contributed by atoms with Crippen LogP contribution in [-0.4, -0.2) is 53.0 Å². The van der Waals surface area contributed by atoms with Crippen molar-refractivity contribution in [3.8, 4) is 5.75 Å². The molecule has 24 heavy (non-hydrogen) atoms. The molecule has 9 nitrogen and oxygen atoms in total. The molecule has 0 saturated carbocycles. The number of carbonyl (C=O) groups excluding carboxylic acids is 1. The van der Waals surface area contributed by atoms with E-state index in [1.54, 1.807) is 4.90 Å². The van der Waals surface area contributed by atoms with Crippen molar-refractivity contribution in [2.45, 2.75) is 18.9 Å². The van der Waals surface area contributed by atoms with Gasteiger partial charge in [-0.05, 0) is 25.5 Å². The number of rotatable bonds is 6. The summed E-state index contributed by atoms with van der Waals surface area (Å²) in [6.45, 7) is 0.485. The molecule has 1 aromatic carbocycles. The number of nitro groups is 1. The first-order chi connectivity index (χ1) is 10.9. The van der Waals surface area contributed by atoms with Crippen LogP contribution in [0.25, 0.3) is 0 Å². The summed E-state index contributed by atoms with van der Waals surface area (Å²) in [6.07, 6.45) is 1.24. The first-order valence-corrected chi connectivity index (χ1v) is 7.01. The van der Waals surface area contributed by atoms with E-state index < -0.39 is 22.8 Å². The zero-order chi connectivity index (χ0) is 17.0. The Balaban J connectivity index is 0.00000288. The van der Waals surface area contributed by atoms with E-state index in [9.17, 15) is 19.7 Å². The van der Waals surface area contributed by atoms with Crippen LogP contribution < -0.4 is 10.1 Å². The molecule has 0 spiro atoms. The number of methoxy groups -OCH3 is 1. The lowest BCUT2D eigenvalue weighted by molar-refractivity contribution is -0.384. The first-order valence-electron chi connectivity index (χ1n) is 7.01. The third-order valence-corrected chi connectivity index (χ3v) is 3.67. The van der Waals surface area contributed by atoms with Gasteiger partial charge in [0.05, 0.1) is 30.3 Å². The van der Waals surface area contributed by atoms with E-state index in [0.29, 0.717) is 18.7 Å². The lowest BCUT2D eigenvalue weighted by Gasteiger charge is -2.20. The molecule has 1 aliphatic rings. The summed E-state index contributed by atoms with van der Waals surface area (Å²) in [6, 6.07) is 3.20. The Morgan fingerprint density at radius 2 is 2.21 bits per heavy atom. The summed E-state index contributed by atoms with van der Waals surface area (Å²) >= 11 is 0. The Morgan fingerprint density at radius 1 is 1.50 bits per heavy atom. The first kappa shape index (κ1) is 19.7. The summed E-state index contributed by atoms with van der Waals surface area (Å²) < 4.78 is 5.04. The van der Waals surface area contributed by atoms with Crippen molar-refractivity contribution in [3.05, 3.63) is 28.3 Å². The van der Waals surface area contributed by atoms with Crippen molar-refractivity contribution >= 4 is 35.7 Å². The second-order valence-electron chi connectivity index (χ2n) is 5.16. The Bertz CT molecular complexity index is 639. The predicted molar refractivity (Wildman–Crippen MR) is 87.8 cm³/mol. The number of likely N-dealkylation sites (tertiary alicyclic amines) is 1. The zero-order valence-electron chi connectivity index (χ0n) is 12.9. The molecule has 2 rings (SSSR count). The minimum atomic E-state index is -0.941. The van der Waals surface area contributed by atoms with Crippen molar-refractivity contribution in [3.63, 3.8) is 0 Å². The number of hydrogen-bond donors (Lipinski definition) is 2. The number of halogens is 1. The summed E-state index contributed by atoms with van der Waals surface area (Å²) in [7, 11) is 1.34. The van der Waals surface area contributed by atoms with E-state index in [1.807, 2.05) is 0 Å². The molecule has 0 aromatic heterocycles. The van der Waals surface area contributed by atoms with E-state index in [0.717, 1.165) is 6.42 Å². The van der Waals surface area contributed by atoms with Gasteiger partial charge in [-0.1, -0.05) is 0 Å². The van der Waals surface area contributed by atoms with Crippen molar-refractivity contribution in [2.75, 3.05) is 25.5 Å². The zero-order valence-corrected chi connectivity index (χ0v) is 13.7. The largest absolute Gasteiger partial charge is 0.494 e. The SMILES string of the molecule is COc1cc([N+](=O)[O-])ccc1NC(=O)CN1CCCC1C(=O)O.Cl. The molecule has 1 amide bonds. The van der Waals surface area contributed by atoms with E-state index in [-0.39, 0.29) is 30.4 Å². The molecule has 1 atom stereocenters. The van der Waals surface area contributed by atoms with Crippen molar-refractivity contribution in [1.29, 1.82) is 0 Å². The van der Waals surface area contributed by atoms with Crippen LogP contribution in [0, 0.1) is 10.1 Å². The number of anilines is 1. The van der Waals surface area contributed by atoms with E-state index in [1.165, 1.54) is 25.3 Å². The van der Waals surface area contributed by atoms with Gasteiger partial charge in [-0.15, -0.1) is 12.4 Å². The number of nitrogens with zero attached hydrogens (tertiary/aromatic N) is 2. The summed E-state index contributed by atoms with van der Waals surface area (Å²) in [4.78, 5) is 35.0. The van der Waals surface area contributed by atoms with E-state index >= 15 is 0 Å². The van der Waals surface area contributed by atoms with Gasteiger partial charge in [-0.3, -0.25) is 24.6 Å². The average molecular weight is 360 g/mol. The topological polar surface area (TPSA) is 122 Å². The van der Waals surface area contributed by atoms with Crippen molar-refractivity contribution < 1.29 is 24.4 Å². The molecular formula is C14H18ClN3O6. The monoisotopic (exact) mass is 359 g/mol. The standard InChI is InChI=1S/C14H17N3O6.ClH/c1-23-12-7-9(17(21)22)4-5-10(12)15-13(18)8-16-6-2-3-11(16)14(19)20;/h4-5,7,11H,2-3,6,8H2,1H3,(H,15,18)(H,19,20);1H. The molecule has 0 radical (unpaired) electrons. The highest BCUT2D eigenvalue weighted by Gasteiger charge is 2.31. The van der Waals surface area contributed by atoms with Crippen LogP contribution in [0.5, 0.6) is 5.75 Å². The lowest BCUT2D eigenvalue weighted by atomic mass is 10.2. The van der Waals surface area contributed by atoms with E-state index in [4.69, 9.17) is 9.84 Å². The van der Waals surface area contributed by atoms with Gasteiger partial charge in [0.25, 0.3) is 5.69 Å². The maximum atomic E-state index is 12.1. The number of non-ortho nitro benzene ring substituents is 1. The van der Waals surface area contributed by atoms with Crippen molar-refractivity contribution in [1.82, 2.24) is 4.90 Å². The van der Waals surface area contributed by atoms with Gasteiger partial charge in [-0.25, -0.2) is 0 Å². The molecule has 1 unspecified atom stereocenters. The molecule has 1 aliphatic heterocycles. The minimum Gasteiger partial charge on any atom is -0.494 e. The van der Waals surface area contributed by atoms with Gasteiger partial charge >= 0.3 is 5.97 Å². The van der Waals surface area contributed by atoms with Crippen LogP contribution in [-0.2, 0) is 9.59 Å². The highest BCUT2D eigenvalue weighted by molar-refractivity contribution is 5.94. The number of amides is 1. The van der Waals surface area contributed by atoms with Crippen LogP contribution in [0.3, 0.4) is 0 Å². The number of benzene rings is 1. The fourth-order valence-electron chi connectivity index (χ4n) is 2.57. The smallest absolute Gasteiger partial charge is 0.320 e. The number of hydrogen-bond acceptors (Lipinski definition) is 6. The normalized spacial score (nSPS) is 17.0. The fraction of sp³-hybridized carbons (Fsp3) is 0.429. The maximum absolute atomic E-state index is 12.1. The molecule has 1 saturated heterocycles. The lowest BCUT2D eigenvalue weighted by Crippen LogP contribution is -2.40. The fourth-order valence-corrected chi connectivity index (χ4v) is 2.57. The molecule has 2 N–H and O–H groups in total. The Hall–Kier alpha value is -2.39. The summed E-state index contributed by atoms with van der Waals surface area (Å²) in [5.74, 6) is -1.17. The van der Waals surface area contributed by atoms with Gasteiger partial charge in [0.2, 0.25) is 5.91 Å². The Kier molecular flexibility index (Phi) is 6.93. The maximum Gasteiger partial charge on any atom is 0.320 e. The number of carbonyl (C=O) groups is 2. The highest BCUT2D eigenvalue weighted by Crippen LogP contribution is 2.29. The molecule has 1 heterocycles. The molecule has 0 aliphatic carbocycles. The van der Waals surface area contributed by atoms with Crippen LogP contribution >= 0.6 is 12.4 Å². The van der Waals surface area contributed by atoms with Crippen LogP contribution in [0.15, 0.2) is 18.2 Å². The van der Waals surface area contributed by atoms with Gasteiger partial charge in [0.1, 0.15) is 11.8 Å². The summed E-state index contributed by atoms with van der Waals surface area (Å²) in [5, 5.41) is 22.4. The molecule has 10 heteroatoms. The second kappa shape index (κ2) is 8.46. The van der Waals surface area contributed by atoms with Crippen molar-refractivity contribution in [2.24, 2.45) is 0 Å². The third-order valence-electron chi connectivity index (χ3n) is 3.67. The Morgan fingerprint density at radius 3 is 2.79 bits per heavy atom. The summed E-state index contributed by atoms with van der Waals surface area (Å²) in [5.41, 5.74) is 0.152. The molecule has 132 valence electrons. The molecule has 1 aromatic rings. The molecule has 0 bridgehead atoms.